The molecular weight excluding hydrogens is 302 g/mol. The third kappa shape index (κ3) is 3.81. The molecule has 1 aromatic heterocycles. The van der Waals surface area contributed by atoms with E-state index in [1.54, 1.807) is 0 Å². The van der Waals surface area contributed by atoms with Crippen LogP contribution in [0.4, 0.5) is 0 Å². The summed E-state index contributed by atoms with van der Waals surface area (Å²) < 4.78 is 0. The molecule has 116 valence electrons. The fraction of sp³-hybridized carbons (Fsp3) is 0.312. The minimum Gasteiger partial charge on any atom is -0.387 e. The van der Waals surface area contributed by atoms with Crippen LogP contribution in [0.1, 0.15) is 34.6 Å². The first-order valence-corrected chi connectivity index (χ1v) is 7.40. The number of hydrogen-bond donors (Lipinski definition) is 1. The summed E-state index contributed by atoms with van der Waals surface area (Å²) in [6.07, 6.45) is 1.90. The smallest absolute Gasteiger partial charge is 0.274 e. The van der Waals surface area contributed by atoms with Gasteiger partial charge in [0.1, 0.15) is 12.0 Å². The first-order valence-electron chi connectivity index (χ1n) is 7.02. The SMILES string of the molecule is CCN(CC(O)c1ccc(C)cc1)C(=O)c1ncncc1Cl. The highest BCUT2D eigenvalue weighted by molar-refractivity contribution is 6.33. The lowest BCUT2D eigenvalue weighted by atomic mass is 10.1. The third-order valence-electron chi connectivity index (χ3n) is 3.39. The molecule has 0 saturated heterocycles. The van der Waals surface area contributed by atoms with Gasteiger partial charge in [0, 0.05) is 12.7 Å². The van der Waals surface area contributed by atoms with Crippen LogP contribution in [0.2, 0.25) is 5.02 Å². The fourth-order valence-corrected chi connectivity index (χ4v) is 2.26. The second-order valence-corrected chi connectivity index (χ2v) is 5.40. The lowest BCUT2D eigenvalue weighted by Crippen LogP contribution is -2.35. The molecule has 1 amide bonds. The summed E-state index contributed by atoms with van der Waals surface area (Å²) in [5.74, 6) is -0.318. The number of benzene rings is 1. The Morgan fingerprint density at radius 2 is 2.05 bits per heavy atom. The van der Waals surface area contributed by atoms with E-state index >= 15 is 0 Å². The maximum atomic E-state index is 12.5. The average molecular weight is 320 g/mol. The highest BCUT2D eigenvalue weighted by Gasteiger charge is 2.21. The number of likely N-dealkylation sites (N-methyl/N-ethyl adjacent to an activating group) is 1. The lowest BCUT2D eigenvalue weighted by molar-refractivity contribution is 0.0629. The average Bonchev–Trinajstić information content (AvgIpc) is 2.53. The highest BCUT2D eigenvalue weighted by Crippen LogP contribution is 2.18. The molecule has 1 aromatic carbocycles. The zero-order chi connectivity index (χ0) is 16.1. The molecule has 1 heterocycles. The second-order valence-electron chi connectivity index (χ2n) is 4.99. The van der Waals surface area contributed by atoms with Crippen LogP contribution in [-0.2, 0) is 0 Å². The number of carbonyl (C=O) groups excluding carboxylic acids is 1. The molecule has 0 aliphatic rings. The number of rotatable bonds is 5. The molecule has 2 aromatic rings. The Morgan fingerprint density at radius 3 is 2.64 bits per heavy atom. The van der Waals surface area contributed by atoms with Crippen LogP contribution < -0.4 is 0 Å². The topological polar surface area (TPSA) is 66.3 Å². The number of aromatic nitrogens is 2. The van der Waals surface area contributed by atoms with E-state index in [2.05, 4.69) is 9.97 Å². The van der Waals surface area contributed by atoms with Gasteiger partial charge in [-0.1, -0.05) is 41.4 Å². The Labute approximate surface area is 134 Å². The summed E-state index contributed by atoms with van der Waals surface area (Å²) in [4.78, 5) is 21.7. The zero-order valence-corrected chi connectivity index (χ0v) is 13.3. The van der Waals surface area contributed by atoms with Gasteiger partial charge in [-0.25, -0.2) is 9.97 Å². The summed E-state index contributed by atoms with van der Waals surface area (Å²) >= 11 is 5.96. The fourth-order valence-electron chi connectivity index (χ4n) is 2.08. The van der Waals surface area contributed by atoms with E-state index in [9.17, 15) is 9.90 Å². The maximum Gasteiger partial charge on any atom is 0.274 e. The predicted octanol–water partition coefficient (Wildman–Crippen LogP) is 2.63. The molecule has 0 radical (unpaired) electrons. The van der Waals surface area contributed by atoms with E-state index in [1.165, 1.54) is 17.4 Å². The van der Waals surface area contributed by atoms with Crippen molar-refractivity contribution in [3.8, 4) is 0 Å². The zero-order valence-electron chi connectivity index (χ0n) is 12.5. The molecule has 1 N–H and O–H groups in total. The van der Waals surface area contributed by atoms with Crippen LogP contribution in [0.3, 0.4) is 0 Å². The van der Waals surface area contributed by atoms with Gasteiger partial charge in [0.15, 0.2) is 0 Å². The number of halogens is 1. The van der Waals surface area contributed by atoms with Crippen LogP contribution in [0.15, 0.2) is 36.8 Å². The molecule has 1 unspecified atom stereocenters. The predicted molar refractivity (Wildman–Crippen MR) is 84.8 cm³/mol. The van der Waals surface area contributed by atoms with Crippen LogP contribution in [0.5, 0.6) is 0 Å². The number of amides is 1. The molecule has 6 heteroatoms. The summed E-state index contributed by atoms with van der Waals surface area (Å²) in [7, 11) is 0. The van der Waals surface area contributed by atoms with Crippen molar-refractivity contribution in [2.45, 2.75) is 20.0 Å². The largest absolute Gasteiger partial charge is 0.387 e. The van der Waals surface area contributed by atoms with Gasteiger partial charge < -0.3 is 10.0 Å². The van der Waals surface area contributed by atoms with Gasteiger partial charge in [-0.3, -0.25) is 4.79 Å². The minimum atomic E-state index is -0.759. The molecule has 0 bridgehead atoms. The van der Waals surface area contributed by atoms with E-state index in [1.807, 2.05) is 38.1 Å². The van der Waals surface area contributed by atoms with Crippen molar-refractivity contribution < 1.29 is 9.90 Å². The summed E-state index contributed by atoms with van der Waals surface area (Å²) in [5, 5.41) is 10.5. The van der Waals surface area contributed by atoms with Crippen LogP contribution in [-0.4, -0.2) is 39.0 Å². The molecule has 0 aliphatic carbocycles. The minimum absolute atomic E-state index is 0.148. The molecule has 22 heavy (non-hydrogen) atoms. The summed E-state index contributed by atoms with van der Waals surface area (Å²) in [6.45, 7) is 4.45. The molecule has 1 atom stereocenters. The molecule has 0 aliphatic heterocycles. The van der Waals surface area contributed by atoms with Gasteiger partial charge in [0.25, 0.3) is 5.91 Å². The van der Waals surface area contributed by atoms with Crippen molar-refractivity contribution in [2.75, 3.05) is 13.1 Å². The van der Waals surface area contributed by atoms with Crippen molar-refractivity contribution >= 4 is 17.5 Å². The second kappa shape index (κ2) is 7.33. The lowest BCUT2D eigenvalue weighted by Gasteiger charge is -2.24. The first-order chi connectivity index (χ1) is 10.5. The van der Waals surface area contributed by atoms with E-state index in [0.717, 1.165) is 11.1 Å². The van der Waals surface area contributed by atoms with Crippen molar-refractivity contribution in [1.82, 2.24) is 14.9 Å². The molecule has 0 spiro atoms. The Bertz CT molecular complexity index is 646. The van der Waals surface area contributed by atoms with Gasteiger partial charge in [-0.05, 0) is 19.4 Å². The Kier molecular flexibility index (Phi) is 5.46. The molecule has 0 fully saturated rings. The summed E-state index contributed by atoms with van der Waals surface area (Å²) in [6, 6.07) is 7.57. The quantitative estimate of drug-likeness (QED) is 0.920. The number of carbonyl (C=O) groups is 1. The van der Waals surface area contributed by atoms with E-state index in [-0.39, 0.29) is 23.2 Å². The van der Waals surface area contributed by atoms with E-state index in [0.29, 0.717) is 6.54 Å². The van der Waals surface area contributed by atoms with E-state index in [4.69, 9.17) is 11.6 Å². The molecule has 0 saturated carbocycles. The van der Waals surface area contributed by atoms with Crippen LogP contribution >= 0.6 is 11.6 Å². The number of aryl methyl sites for hydroxylation is 1. The van der Waals surface area contributed by atoms with Gasteiger partial charge >= 0.3 is 0 Å². The van der Waals surface area contributed by atoms with Gasteiger partial charge in [-0.2, -0.15) is 0 Å². The van der Waals surface area contributed by atoms with Gasteiger partial charge in [0.2, 0.25) is 0 Å². The number of aliphatic hydroxyl groups is 1. The maximum absolute atomic E-state index is 12.5. The third-order valence-corrected chi connectivity index (χ3v) is 3.67. The van der Waals surface area contributed by atoms with Gasteiger partial charge in [-0.15, -0.1) is 0 Å². The van der Waals surface area contributed by atoms with E-state index < -0.39 is 6.10 Å². The standard InChI is InChI=1S/C16H18ClN3O2/c1-3-20(16(22)15-13(17)8-18-10-19-15)9-14(21)12-6-4-11(2)5-7-12/h4-8,10,14,21H,3,9H2,1-2H3. The Balaban J connectivity index is 2.13. The van der Waals surface area contributed by atoms with Crippen molar-refractivity contribution in [3.63, 3.8) is 0 Å². The monoisotopic (exact) mass is 319 g/mol. The molecule has 5 nitrogen and oxygen atoms in total. The van der Waals surface area contributed by atoms with Crippen LogP contribution in [0, 0.1) is 6.92 Å². The number of aliphatic hydroxyl groups excluding tert-OH is 1. The van der Waals surface area contributed by atoms with Crippen molar-refractivity contribution in [3.05, 3.63) is 58.6 Å². The number of nitrogens with zero attached hydrogens (tertiary/aromatic N) is 3. The van der Waals surface area contributed by atoms with Crippen molar-refractivity contribution in [1.29, 1.82) is 0 Å². The highest BCUT2D eigenvalue weighted by atomic mass is 35.5. The first kappa shape index (κ1) is 16.4. The van der Waals surface area contributed by atoms with Gasteiger partial charge in [0.05, 0.1) is 17.7 Å². The van der Waals surface area contributed by atoms with Crippen LogP contribution in [0.25, 0.3) is 0 Å². The normalized spacial score (nSPS) is 12.0. The Morgan fingerprint density at radius 1 is 1.36 bits per heavy atom. The Hall–Kier alpha value is -1.98. The number of hydrogen-bond acceptors (Lipinski definition) is 4. The summed E-state index contributed by atoms with van der Waals surface area (Å²) in [5.41, 5.74) is 2.03. The van der Waals surface area contributed by atoms with Crippen molar-refractivity contribution in [2.24, 2.45) is 0 Å². The molecular formula is C16H18ClN3O2. The molecule has 2 rings (SSSR count).